The smallest absolute Gasteiger partial charge is 0.336 e. The highest BCUT2D eigenvalue weighted by Gasteiger charge is 2.24. The molecule has 18 heteroatoms. The van der Waals surface area contributed by atoms with E-state index < -0.39 is 11.9 Å². The molecule has 1 aliphatic heterocycles. The van der Waals surface area contributed by atoms with Gasteiger partial charge in [0, 0.05) is 73.6 Å². The molecule has 0 spiro atoms. The molecule has 0 saturated carbocycles. The number of ether oxygens (including phenoxy) is 1. The van der Waals surface area contributed by atoms with Gasteiger partial charge in [0.2, 0.25) is 17.1 Å². The second kappa shape index (κ2) is 17.9. The Kier molecular flexibility index (Phi) is 11.6. The standard InChI is InChI=1S/C48H45N11O7/c1-56(2)30-12-17-34-39(24-30)66-40-25-31(57(3)4)13-18-35(40)42(34)33-16-11-29(23-36(33)47(62)63)46(61)51-20-19-50-41(60)27-65-32-14-9-28(10-15-32)7-5-21-58-44-37(26-52-58)45-53-43(38-8-6-22-64-38)55-59(45)48(49)54-44/h6,8-18,22-26H,5,7,19-21,27H2,1-4H3,(H4-,49,50,51,52,53,54,55,60,61,62,63)/p+1. The Morgan fingerprint density at radius 2 is 1.68 bits per heavy atom. The first kappa shape index (κ1) is 42.7. The summed E-state index contributed by atoms with van der Waals surface area (Å²) in [5.41, 5.74) is 12.0. The fraction of sp³-hybridized carbons (Fsp3) is 0.208. The molecule has 0 bridgehead atoms. The molecule has 0 fully saturated rings. The van der Waals surface area contributed by atoms with Crippen molar-refractivity contribution in [1.82, 2.24) is 44.6 Å². The Morgan fingerprint density at radius 1 is 0.879 bits per heavy atom. The zero-order chi connectivity index (χ0) is 46.1. The SMILES string of the molecule is CN(C)c1ccc2c(-c3ccc(C(=O)NCCNC(=O)COc4ccc(CCCn5ncc6c5nc(N)n5nc(-c7ccco7)nc65)cc4)cc3C(=O)O)c3ccc(=[N+](C)C)cc-3oc2c1. The normalized spacial score (nSPS) is 11.4. The largest absolute Gasteiger partial charge is 0.484 e. The van der Waals surface area contributed by atoms with Crippen molar-refractivity contribution in [2.24, 2.45) is 0 Å². The monoisotopic (exact) mass is 888 g/mol. The van der Waals surface area contributed by atoms with Crippen LogP contribution in [0.3, 0.4) is 0 Å². The van der Waals surface area contributed by atoms with Gasteiger partial charge < -0.3 is 39.9 Å². The van der Waals surface area contributed by atoms with Crippen molar-refractivity contribution in [3.05, 3.63) is 126 Å². The van der Waals surface area contributed by atoms with E-state index in [0.717, 1.165) is 45.8 Å². The number of carboxylic acid groups (broad SMARTS) is 1. The van der Waals surface area contributed by atoms with Gasteiger partial charge in [0.05, 0.1) is 29.5 Å². The highest BCUT2D eigenvalue weighted by Crippen LogP contribution is 2.42. The Balaban J connectivity index is 0.772. The van der Waals surface area contributed by atoms with Crippen LogP contribution < -0.4 is 35.9 Å². The highest BCUT2D eigenvalue weighted by molar-refractivity contribution is 6.09. The van der Waals surface area contributed by atoms with Crippen LogP contribution in [-0.2, 0) is 17.8 Å². The number of anilines is 2. The van der Waals surface area contributed by atoms with Crippen LogP contribution in [-0.4, -0.2) is 100 Å². The summed E-state index contributed by atoms with van der Waals surface area (Å²) >= 11 is 0. The molecule has 334 valence electrons. The number of fused-ring (bicyclic) bond motifs is 5. The van der Waals surface area contributed by atoms with Crippen molar-refractivity contribution in [3.8, 4) is 39.8 Å². The van der Waals surface area contributed by atoms with Crippen molar-refractivity contribution in [2.75, 3.05) is 58.5 Å². The highest BCUT2D eigenvalue weighted by atomic mass is 16.5. The fourth-order valence-corrected chi connectivity index (χ4v) is 7.79. The molecule has 7 aromatic rings. The van der Waals surface area contributed by atoms with Crippen molar-refractivity contribution >= 4 is 57.1 Å². The lowest BCUT2D eigenvalue weighted by atomic mass is 9.89. The van der Waals surface area contributed by atoms with E-state index in [1.54, 1.807) is 41.4 Å². The number of rotatable bonds is 15. The molecule has 2 amide bonds. The van der Waals surface area contributed by atoms with E-state index in [0.29, 0.717) is 57.6 Å². The summed E-state index contributed by atoms with van der Waals surface area (Å²) in [5, 5.41) is 27.3. The number of hydrogen-bond donors (Lipinski definition) is 4. The van der Waals surface area contributed by atoms with Gasteiger partial charge in [0.15, 0.2) is 23.7 Å². The van der Waals surface area contributed by atoms with Crippen molar-refractivity contribution in [2.45, 2.75) is 19.4 Å². The Labute approximate surface area is 376 Å². The summed E-state index contributed by atoms with van der Waals surface area (Å²) in [7, 11) is 7.74. The molecule has 18 nitrogen and oxygen atoms in total. The molecule has 5 heterocycles. The van der Waals surface area contributed by atoms with Gasteiger partial charge in [0.25, 0.3) is 11.8 Å². The molecule has 0 atom stereocenters. The first-order valence-corrected chi connectivity index (χ1v) is 21.2. The lowest BCUT2D eigenvalue weighted by Crippen LogP contribution is -2.36. The van der Waals surface area contributed by atoms with Gasteiger partial charge in [-0.2, -0.15) is 14.6 Å². The van der Waals surface area contributed by atoms with Gasteiger partial charge in [-0.1, -0.05) is 18.2 Å². The molecule has 3 aromatic carbocycles. The average molecular weight is 889 g/mol. The molecule has 2 aliphatic rings. The minimum absolute atomic E-state index is 0.0362. The minimum Gasteiger partial charge on any atom is -0.484 e. The summed E-state index contributed by atoms with van der Waals surface area (Å²) in [6.45, 7) is 0.619. The molecule has 4 aromatic heterocycles. The quantitative estimate of drug-likeness (QED) is 0.0592. The van der Waals surface area contributed by atoms with Crippen molar-refractivity contribution < 1.29 is 33.1 Å². The van der Waals surface area contributed by atoms with Gasteiger partial charge in [-0.05, 0) is 78.6 Å². The number of aromatic carboxylic acids is 1. The van der Waals surface area contributed by atoms with Crippen LogP contribution in [0.1, 0.15) is 32.7 Å². The summed E-state index contributed by atoms with van der Waals surface area (Å²) in [6.07, 6.45) is 4.80. The predicted molar refractivity (Wildman–Crippen MR) is 248 cm³/mol. The van der Waals surface area contributed by atoms with Crippen LogP contribution in [0.15, 0.2) is 112 Å². The first-order chi connectivity index (χ1) is 31.9. The second-order valence-corrected chi connectivity index (χ2v) is 16.1. The van der Waals surface area contributed by atoms with E-state index in [1.165, 1.54) is 10.6 Å². The molecular formula is C48H46N11O7+. The first-order valence-electron chi connectivity index (χ1n) is 21.2. The van der Waals surface area contributed by atoms with Crippen LogP contribution >= 0.6 is 0 Å². The Morgan fingerprint density at radius 3 is 2.44 bits per heavy atom. The van der Waals surface area contributed by atoms with Crippen LogP contribution in [0, 0.1) is 0 Å². The number of amides is 2. The zero-order valence-corrected chi connectivity index (χ0v) is 36.6. The summed E-state index contributed by atoms with van der Waals surface area (Å²) in [5.74, 6) is 0.227. The molecule has 5 N–H and O–H groups in total. The van der Waals surface area contributed by atoms with E-state index in [2.05, 4.69) is 30.8 Å². The van der Waals surface area contributed by atoms with E-state index in [9.17, 15) is 19.5 Å². The number of hydrogen-bond acceptors (Lipinski definition) is 12. The van der Waals surface area contributed by atoms with E-state index in [4.69, 9.17) is 19.3 Å². The molecule has 66 heavy (non-hydrogen) atoms. The molecular weight excluding hydrogens is 843 g/mol. The molecule has 1 aliphatic carbocycles. The number of nitrogens with two attached hydrogens (primary N) is 1. The maximum Gasteiger partial charge on any atom is 0.336 e. The summed E-state index contributed by atoms with van der Waals surface area (Å²) in [4.78, 5) is 49.8. The van der Waals surface area contributed by atoms with Crippen LogP contribution in [0.4, 0.5) is 11.6 Å². The van der Waals surface area contributed by atoms with Gasteiger partial charge >= 0.3 is 5.97 Å². The lowest BCUT2D eigenvalue weighted by molar-refractivity contribution is -0.123. The van der Waals surface area contributed by atoms with Gasteiger partial charge in [0.1, 0.15) is 31.2 Å². The zero-order valence-electron chi connectivity index (χ0n) is 36.6. The molecule has 0 radical (unpaired) electrons. The number of nitrogens with one attached hydrogen (secondary N) is 2. The number of carboxylic acids is 1. The van der Waals surface area contributed by atoms with Crippen LogP contribution in [0.25, 0.3) is 61.7 Å². The third-order valence-corrected chi connectivity index (χ3v) is 11.2. The van der Waals surface area contributed by atoms with Crippen LogP contribution in [0.2, 0.25) is 0 Å². The molecule has 0 unspecified atom stereocenters. The number of benzene rings is 4. The number of carbonyl (C=O) groups is 3. The maximum absolute atomic E-state index is 13.3. The van der Waals surface area contributed by atoms with E-state index >= 15 is 0 Å². The maximum atomic E-state index is 13.3. The van der Waals surface area contributed by atoms with Gasteiger partial charge in [-0.25, -0.2) is 19.0 Å². The predicted octanol–water partition coefficient (Wildman–Crippen LogP) is 5.19. The summed E-state index contributed by atoms with van der Waals surface area (Å²) < 4.78 is 22.8. The number of nitrogen functional groups attached to an aromatic ring is 1. The topological polar surface area (TPSA) is 224 Å². The third-order valence-electron chi connectivity index (χ3n) is 11.2. The number of aryl methyl sites for hydroxylation is 2. The number of furan rings is 1. The number of nitrogens with zero attached hydrogens (tertiary/aromatic N) is 8. The molecule has 0 saturated heterocycles. The third kappa shape index (κ3) is 8.58. The number of carbonyl (C=O) groups excluding carboxylic acids is 2. The average Bonchev–Trinajstić information content (AvgIpc) is 4.10. The van der Waals surface area contributed by atoms with E-state index in [-0.39, 0.29) is 42.7 Å². The number of aromatic nitrogens is 6. The summed E-state index contributed by atoms with van der Waals surface area (Å²) in [6, 6.07) is 27.3. The molecule has 9 rings (SSSR count). The lowest BCUT2D eigenvalue weighted by Gasteiger charge is -2.19. The van der Waals surface area contributed by atoms with Crippen molar-refractivity contribution in [3.63, 3.8) is 0 Å². The second-order valence-electron chi connectivity index (χ2n) is 16.1. The van der Waals surface area contributed by atoms with Gasteiger partial charge in [-0.3, -0.25) is 9.59 Å². The van der Waals surface area contributed by atoms with Gasteiger partial charge in [-0.15, -0.1) is 5.10 Å². The minimum atomic E-state index is -1.18. The van der Waals surface area contributed by atoms with Crippen LogP contribution in [0.5, 0.6) is 5.75 Å². The fourth-order valence-electron chi connectivity index (χ4n) is 7.79. The van der Waals surface area contributed by atoms with E-state index in [1.807, 2.05) is 98.3 Å². The Hall–Kier alpha value is -8.54. The van der Waals surface area contributed by atoms with Crippen molar-refractivity contribution in [1.29, 1.82) is 0 Å². The Bertz CT molecular complexity index is 3330.